The maximum absolute atomic E-state index is 12.9. The molecule has 2 aromatic rings. The number of nitrogen functional groups attached to an aromatic ring is 1. The highest BCUT2D eigenvalue weighted by Crippen LogP contribution is 2.18. The molecule has 1 aromatic carbocycles. The first-order valence-corrected chi connectivity index (χ1v) is 4.69. The monoisotopic (exact) mass is 237 g/mol. The van der Waals surface area contributed by atoms with Crippen molar-refractivity contribution in [3.63, 3.8) is 0 Å². The number of hydrazine groups is 1. The van der Waals surface area contributed by atoms with Crippen molar-refractivity contribution in [3.8, 4) is 0 Å². The largest absolute Gasteiger partial charge is 0.340 e. The van der Waals surface area contributed by atoms with E-state index in [1.54, 1.807) is 0 Å². The van der Waals surface area contributed by atoms with Gasteiger partial charge in [-0.15, -0.1) is 0 Å². The summed E-state index contributed by atoms with van der Waals surface area (Å²) in [6, 6.07) is 4.60. The molecule has 4 N–H and O–H groups in total. The van der Waals surface area contributed by atoms with Gasteiger partial charge in [0.15, 0.2) is 0 Å². The Morgan fingerprint density at radius 3 is 2.24 bits per heavy atom. The summed E-state index contributed by atoms with van der Waals surface area (Å²) in [6.45, 7) is 0. The molecule has 0 amide bonds. The van der Waals surface area contributed by atoms with Crippen LogP contribution in [0.15, 0.2) is 30.6 Å². The molecule has 0 saturated heterocycles. The smallest absolute Gasteiger partial charge is 0.145 e. The van der Waals surface area contributed by atoms with Crippen molar-refractivity contribution in [3.05, 3.63) is 42.2 Å². The molecule has 0 saturated carbocycles. The minimum atomic E-state index is -0.668. The third-order valence-corrected chi connectivity index (χ3v) is 1.95. The molecule has 88 valence electrons. The zero-order chi connectivity index (χ0) is 12.3. The molecule has 0 fully saturated rings. The van der Waals surface area contributed by atoms with Crippen molar-refractivity contribution < 1.29 is 8.78 Å². The van der Waals surface area contributed by atoms with Gasteiger partial charge in [-0.05, 0) is 12.1 Å². The fraction of sp³-hybridized carbons (Fsp3) is 0. The Balaban J connectivity index is 2.24. The Labute approximate surface area is 95.7 Å². The minimum absolute atomic E-state index is 0.254. The van der Waals surface area contributed by atoms with E-state index < -0.39 is 11.6 Å². The zero-order valence-electron chi connectivity index (χ0n) is 8.61. The summed E-state index contributed by atoms with van der Waals surface area (Å²) in [5, 5.41) is 2.73. The molecule has 0 aliphatic rings. The van der Waals surface area contributed by atoms with Crippen LogP contribution in [0.2, 0.25) is 0 Å². The predicted molar refractivity (Wildman–Crippen MR) is 59.5 cm³/mol. The van der Waals surface area contributed by atoms with Crippen LogP contribution in [-0.2, 0) is 0 Å². The van der Waals surface area contributed by atoms with Gasteiger partial charge in [0.25, 0.3) is 0 Å². The highest BCUT2D eigenvalue weighted by Gasteiger charge is 2.02. The summed E-state index contributed by atoms with van der Waals surface area (Å²) < 4.78 is 25.9. The Kier molecular flexibility index (Phi) is 3.10. The SMILES string of the molecule is NNc1cc(Nc2cc(F)cc(F)c2)ncn1. The van der Waals surface area contributed by atoms with Crippen LogP contribution in [0.3, 0.4) is 0 Å². The van der Waals surface area contributed by atoms with E-state index in [0.717, 1.165) is 18.2 Å². The number of aromatic nitrogens is 2. The molecule has 0 aliphatic heterocycles. The number of benzene rings is 1. The van der Waals surface area contributed by atoms with E-state index >= 15 is 0 Å². The lowest BCUT2D eigenvalue weighted by molar-refractivity contribution is 0.584. The lowest BCUT2D eigenvalue weighted by Gasteiger charge is -2.06. The van der Waals surface area contributed by atoms with Gasteiger partial charge in [-0.25, -0.2) is 24.6 Å². The minimum Gasteiger partial charge on any atom is -0.340 e. The second-order valence-electron chi connectivity index (χ2n) is 3.22. The van der Waals surface area contributed by atoms with Crippen molar-refractivity contribution in [2.75, 3.05) is 10.7 Å². The molecule has 0 bridgehead atoms. The number of nitrogens with zero attached hydrogens (tertiary/aromatic N) is 2. The van der Waals surface area contributed by atoms with Gasteiger partial charge in [-0.2, -0.15) is 0 Å². The number of anilines is 3. The van der Waals surface area contributed by atoms with Crippen LogP contribution in [0.25, 0.3) is 0 Å². The summed E-state index contributed by atoms with van der Waals surface area (Å²) in [7, 11) is 0. The molecular weight excluding hydrogens is 228 g/mol. The lowest BCUT2D eigenvalue weighted by Crippen LogP contribution is -2.09. The Morgan fingerprint density at radius 1 is 0.941 bits per heavy atom. The molecule has 1 aromatic heterocycles. The number of nitrogens with one attached hydrogen (secondary N) is 2. The normalized spacial score (nSPS) is 10.1. The molecule has 7 heteroatoms. The van der Waals surface area contributed by atoms with Crippen molar-refractivity contribution in [1.82, 2.24) is 9.97 Å². The van der Waals surface area contributed by atoms with E-state index in [1.807, 2.05) is 0 Å². The number of nitrogens with two attached hydrogens (primary N) is 1. The molecule has 2 rings (SSSR count). The van der Waals surface area contributed by atoms with Crippen molar-refractivity contribution >= 4 is 17.3 Å². The average molecular weight is 237 g/mol. The van der Waals surface area contributed by atoms with Crippen LogP contribution >= 0.6 is 0 Å². The van der Waals surface area contributed by atoms with E-state index in [0.29, 0.717) is 11.6 Å². The summed E-state index contributed by atoms with van der Waals surface area (Å²) in [5.74, 6) is 4.60. The second kappa shape index (κ2) is 4.71. The van der Waals surface area contributed by atoms with Gasteiger partial charge in [-0.1, -0.05) is 0 Å². The highest BCUT2D eigenvalue weighted by atomic mass is 19.1. The summed E-state index contributed by atoms with van der Waals surface area (Å²) in [4.78, 5) is 7.68. The van der Waals surface area contributed by atoms with Gasteiger partial charge in [0, 0.05) is 17.8 Å². The van der Waals surface area contributed by atoms with Gasteiger partial charge < -0.3 is 10.7 Å². The van der Waals surface area contributed by atoms with Crippen LogP contribution in [0, 0.1) is 11.6 Å². The van der Waals surface area contributed by atoms with E-state index in [1.165, 1.54) is 12.4 Å². The zero-order valence-corrected chi connectivity index (χ0v) is 8.61. The van der Waals surface area contributed by atoms with E-state index in [4.69, 9.17) is 5.84 Å². The molecule has 0 spiro atoms. The van der Waals surface area contributed by atoms with Crippen LogP contribution < -0.4 is 16.6 Å². The Morgan fingerprint density at radius 2 is 1.59 bits per heavy atom. The molecule has 0 atom stereocenters. The Bertz CT molecular complexity index is 512. The van der Waals surface area contributed by atoms with Crippen LogP contribution in [0.4, 0.5) is 26.1 Å². The predicted octanol–water partition coefficient (Wildman–Crippen LogP) is 1.78. The van der Waals surface area contributed by atoms with Gasteiger partial charge >= 0.3 is 0 Å². The number of rotatable bonds is 3. The summed E-state index contributed by atoms with van der Waals surface area (Å²) >= 11 is 0. The summed E-state index contributed by atoms with van der Waals surface area (Å²) in [5.41, 5.74) is 2.59. The second-order valence-corrected chi connectivity index (χ2v) is 3.22. The molecule has 1 heterocycles. The van der Waals surface area contributed by atoms with Gasteiger partial charge in [0.05, 0.1) is 0 Å². The van der Waals surface area contributed by atoms with Crippen molar-refractivity contribution in [1.29, 1.82) is 0 Å². The topological polar surface area (TPSA) is 75.9 Å². The van der Waals surface area contributed by atoms with Crippen LogP contribution in [0.1, 0.15) is 0 Å². The standard InChI is InChI=1S/C10H9F2N5/c11-6-1-7(12)3-8(2-6)16-9-4-10(17-13)15-5-14-9/h1-5H,13H2,(H2,14,15,16,17). The van der Waals surface area contributed by atoms with Crippen molar-refractivity contribution in [2.24, 2.45) is 5.84 Å². The first-order valence-electron chi connectivity index (χ1n) is 4.69. The van der Waals surface area contributed by atoms with Crippen LogP contribution in [-0.4, -0.2) is 9.97 Å². The van der Waals surface area contributed by atoms with E-state index in [9.17, 15) is 8.78 Å². The van der Waals surface area contributed by atoms with Gasteiger partial charge in [-0.3, -0.25) is 0 Å². The molecule has 0 unspecified atom stereocenters. The van der Waals surface area contributed by atoms with Crippen LogP contribution in [0.5, 0.6) is 0 Å². The lowest BCUT2D eigenvalue weighted by atomic mass is 10.3. The average Bonchev–Trinajstić information content (AvgIpc) is 2.28. The molecule has 0 aliphatic carbocycles. The quantitative estimate of drug-likeness (QED) is 0.560. The number of hydrogen-bond donors (Lipinski definition) is 3. The highest BCUT2D eigenvalue weighted by molar-refractivity contribution is 5.58. The molecule has 5 nitrogen and oxygen atoms in total. The first-order chi connectivity index (χ1) is 8.17. The number of hydrogen-bond acceptors (Lipinski definition) is 5. The van der Waals surface area contributed by atoms with Crippen molar-refractivity contribution in [2.45, 2.75) is 0 Å². The fourth-order valence-corrected chi connectivity index (χ4v) is 1.28. The van der Waals surface area contributed by atoms with Gasteiger partial charge in [0.2, 0.25) is 0 Å². The summed E-state index contributed by atoms with van der Waals surface area (Å²) in [6.07, 6.45) is 1.27. The fourth-order valence-electron chi connectivity index (χ4n) is 1.28. The Hall–Kier alpha value is -2.28. The van der Waals surface area contributed by atoms with Gasteiger partial charge in [0.1, 0.15) is 29.6 Å². The molecule has 17 heavy (non-hydrogen) atoms. The maximum atomic E-state index is 12.9. The first kappa shape index (κ1) is 11.2. The van der Waals surface area contributed by atoms with E-state index in [2.05, 4.69) is 20.7 Å². The van der Waals surface area contributed by atoms with E-state index in [-0.39, 0.29) is 5.69 Å². The third-order valence-electron chi connectivity index (χ3n) is 1.95. The molecular formula is C10H9F2N5. The maximum Gasteiger partial charge on any atom is 0.145 e. The third kappa shape index (κ3) is 2.85. The number of halogens is 2. The molecule has 0 radical (unpaired) electrons.